The maximum Gasteiger partial charge on any atom is 0.126 e. The Labute approximate surface area is 121 Å². The van der Waals surface area contributed by atoms with E-state index in [2.05, 4.69) is 57.6 Å². The van der Waals surface area contributed by atoms with Gasteiger partial charge in [0.1, 0.15) is 11.9 Å². The first kappa shape index (κ1) is 12.7. The number of benzene rings is 2. The summed E-state index contributed by atoms with van der Waals surface area (Å²) in [6, 6.07) is 17.0. The topological polar surface area (TPSA) is 21.3 Å². The van der Waals surface area contributed by atoms with Gasteiger partial charge >= 0.3 is 0 Å². The van der Waals surface area contributed by atoms with Crippen LogP contribution in [0.5, 0.6) is 5.75 Å². The van der Waals surface area contributed by atoms with Crippen LogP contribution in [0.3, 0.4) is 0 Å². The molecule has 98 valence electrons. The molecule has 0 bridgehead atoms. The first-order valence-electron chi connectivity index (χ1n) is 6.46. The van der Waals surface area contributed by atoms with E-state index >= 15 is 0 Å². The van der Waals surface area contributed by atoms with Crippen LogP contribution in [0.2, 0.25) is 0 Å². The van der Waals surface area contributed by atoms with Crippen LogP contribution in [-0.4, -0.2) is 7.05 Å². The minimum atomic E-state index is 0.112. The molecule has 1 aliphatic heterocycles. The summed E-state index contributed by atoms with van der Waals surface area (Å²) in [7, 11) is 2.01. The van der Waals surface area contributed by atoms with E-state index in [-0.39, 0.29) is 6.10 Å². The molecule has 0 amide bonds. The zero-order chi connectivity index (χ0) is 13.2. The molecule has 0 saturated carbocycles. The molecule has 0 saturated heterocycles. The Hall–Kier alpha value is -1.32. The third-order valence-electron chi connectivity index (χ3n) is 3.60. The second-order valence-electron chi connectivity index (χ2n) is 4.77. The van der Waals surface area contributed by atoms with E-state index in [1.54, 1.807) is 0 Å². The summed E-state index contributed by atoms with van der Waals surface area (Å²) >= 11 is 3.47. The summed E-state index contributed by atoms with van der Waals surface area (Å²) in [5.41, 5.74) is 2.47. The summed E-state index contributed by atoms with van der Waals surface area (Å²) in [5, 5.41) is 3.38. The number of nitrogens with one attached hydrogen (secondary N) is 1. The van der Waals surface area contributed by atoms with Crippen molar-refractivity contribution in [3.8, 4) is 5.75 Å². The monoisotopic (exact) mass is 317 g/mol. The maximum absolute atomic E-state index is 6.13. The van der Waals surface area contributed by atoms with Crippen LogP contribution in [-0.2, 0) is 0 Å². The minimum absolute atomic E-state index is 0.112. The van der Waals surface area contributed by atoms with E-state index < -0.39 is 0 Å². The molecule has 2 unspecified atom stereocenters. The predicted molar refractivity (Wildman–Crippen MR) is 80.4 cm³/mol. The normalized spacial score (nSPS) is 21.6. The van der Waals surface area contributed by atoms with E-state index in [1.807, 2.05) is 19.2 Å². The highest BCUT2D eigenvalue weighted by atomic mass is 79.9. The van der Waals surface area contributed by atoms with Gasteiger partial charge in [0.15, 0.2) is 0 Å². The number of fused-ring (bicyclic) bond motifs is 1. The number of ether oxygens (including phenoxy) is 1. The molecule has 0 radical (unpaired) electrons. The average Bonchev–Trinajstić information content (AvgIpc) is 2.47. The summed E-state index contributed by atoms with van der Waals surface area (Å²) < 4.78 is 7.23. The fourth-order valence-corrected chi connectivity index (χ4v) is 2.84. The summed E-state index contributed by atoms with van der Waals surface area (Å²) in [6.07, 6.45) is 1.07. The number of para-hydroxylation sites is 1. The van der Waals surface area contributed by atoms with Gasteiger partial charge in [-0.2, -0.15) is 0 Å². The molecule has 3 heteroatoms. The molecule has 3 rings (SSSR count). The zero-order valence-corrected chi connectivity index (χ0v) is 12.4. The zero-order valence-electron chi connectivity index (χ0n) is 10.8. The fraction of sp³-hybridized carbons (Fsp3) is 0.250. The Morgan fingerprint density at radius 3 is 2.58 bits per heavy atom. The van der Waals surface area contributed by atoms with Crippen molar-refractivity contribution in [1.29, 1.82) is 0 Å². The molecular weight excluding hydrogens is 302 g/mol. The van der Waals surface area contributed by atoms with Gasteiger partial charge in [0.2, 0.25) is 0 Å². The van der Waals surface area contributed by atoms with Gasteiger partial charge in [0.05, 0.1) is 0 Å². The lowest BCUT2D eigenvalue weighted by atomic mass is 9.93. The van der Waals surface area contributed by atoms with Crippen molar-refractivity contribution in [2.45, 2.75) is 18.6 Å². The number of hydrogen-bond donors (Lipinski definition) is 1. The number of rotatable bonds is 2. The second kappa shape index (κ2) is 5.35. The first-order valence-corrected chi connectivity index (χ1v) is 7.25. The quantitative estimate of drug-likeness (QED) is 0.894. The Morgan fingerprint density at radius 2 is 1.84 bits per heavy atom. The van der Waals surface area contributed by atoms with E-state index in [0.717, 1.165) is 16.6 Å². The van der Waals surface area contributed by atoms with Crippen molar-refractivity contribution < 1.29 is 4.74 Å². The summed E-state index contributed by atoms with van der Waals surface area (Å²) in [5.74, 6) is 0.987. The van der Waals surface area contributed by atoms with Crippen molar-refractivity contribution in [1.82, 2.24) is 5.32 Å². The van der Waals surface area contributed by atoms with Crippen molar-refractivity contribution in [3.05, 3.63) is 64.1 Å². The third-order valence-corrected chi connectivity index (χ3v) is 4.13. The van der Waals surface area contributed by atoms with E-state index in [4.69, 9.17) is 4.74 Å². The van der Waals surface area contributed by atoms with Crippen molar-refractivity contribution in [3.63, 3.8) is 0 Å². The van der Waals surface area contributed by atoms with Crippen LogP contribution in [0.25, 0.3) is 0 Å². The van der Waals surface area contributed by atoms with Crippen LogP contribution in [0.1, 0.15) is 29.7 Å². The van der Waals surface area contributed by atoms with Gasteiger partial charge in [-0.25, -0.2) is 0 Å². The summed E-state index contributed by atoms with van der Waals surface area (Å²) in [6.45, 7) is 0. The van der Waals surface area contributed by atoms with Gasteiger partial charge in [0.25, 0.3) is 0 Å². The smallest absolute Gasteiger partial charge is 0.126 e. The highest BCUT2D eigenvalue weighted by Crippen LogP contribution is 2.40. The molecule has 1 aliphatic rings. The van der Waals surface area contributed by atoms with Gasteiger partial charge in [-0.3, -0.25) is 0 Å². The number of halogens is 1. The second-order valence-corrected chi connectivity index (χ2v) is 5.69. The van der Waals surface area contributed by atoms with E-state index in [1.165, 1.54) is 11.1 Å². The lowest BCUT2D eigenvalue weighted by Crippen LogP contribution is -2.26. The largest absolute Gasteiger partial charge is 0.485 e. The Morgan fingerprint density at radius 1 is 1.11 bits per heavy atom. The molecule has 0 aliphatic carbocycles. The minimum Gasteiger partial charge on any atom is -0.485 e. The Balaban J connectivity index is 1.93. The lowest BCUT2D eigenvalue weighted by molar-refractivity contribution is 0.154. The summed E-state index contributed by atoms with van der Waals surface area (Å²) in [4.78, 5) is 0. The third kappa shape index (κ3) is 2.53. The van der Waals surface area contributed by atoms with E-state index in [9.17, 15) is 0 Å². The fourth-order valence-electron chi connectivity index (χ4n) is 2.57. The highest BCUT2D eigenvalue weighted by Gasteiger charge is 2.27. The van der Waals surface area contributed by atoms with Gasteiger partial charge in [-0.05, 0) is 30.8 Å². The molecule has 19 heavy (non-hydrogen) atoms. The Kier molecular flexibility index (Phi) is 3.58. The number of hydrogen-bond acceptors (Lipinski definition) is 2. The van der Waals surface area contributed by atoms with Crippen LogP contribution >= 0.6 is 15.9 Å². The van der Waals surface area contributed by atoms with Crippen LogP contribution < -0.4 is 10.1 Å². The molecule has 2 aromatic carbocycles. The average molecular weight is 318 g/mol. The lowest BCUT2D eigenvalue weighted by Gasteiger charge is -2.32. The van der Waals surface area contributed by atoms with Crippen LogP contribution in [0.4, 0.5) is 0 Å². The predicted octanol–water partition coefficient (Wildman–Crippen LogP) is 4.23. The van der Waals surface area contributed by atoms with Crippen molar-refractivity contribution >= 4 is 15.9 Å². The van der Waals surface area contributed by atoms with Crippen LogP contribution in [0.15, 0.2) is 53.0 Å². The van der Waals surface area contributed by atoms with Crippen LogP contribution in [0, 0.1) is 0 Å². The molecule has 2 atom stereocenters. The van der Waals surface area contributed by atoms with Gasteiger partial charge in [-0.15, -0.1) is 0 Å². The molecule has 0 fully saturated rings. The molecule has 0 spiro atoms. The SMILES string of the molecule is CNC1CC(c2ccc(Br)cc2)Oc2ccccc21. The highest BCUT2D eigenvalue weighted by molar-refractivity contribution is 9.10. The molecule has 2 nitrogen and oxygen atoms in total. The van der Waals surface area contributed by atoms with Gasteiger partial charge in [0, 0.05) is 22.5 Å². The van der Waals surface area contributed by atoms with Crippen molar-refractivity contribution in [2.24, 2.45) is 0 Å². The standard InChI is InChI=1S/C16H16BrNO/c1-18-14-10-16(11-6-8-12(17)9-7-11)19-15-5-3-2-4-13(14)15/h2-9,14,16,18H,10H2,1H3. The molecular formula is C16H16BrNO. The molecule has 2 aromatic rings. The van der Waals surface area contributed by atoms with E-state index in [0.29, 0.717) is 6.04 Å². The molecule has 1 heterocycles. The molecule has 0 aromatic heterocycles. The Bertz CT molecular complexity index is 567. The maximum atomic E-state index is 6.13. The van der Waals surface area contributed by atoms with Crippen molar-refractivity contribution in [2.75, 3.05) is 7.05 Å². The van der Waals surface area contributed by atoms with Gasteiger partial charge in [-0.1, -0.05) is 46.3 Å². The first-order chi connectivity index (χ1) is 9.28. The van der Waals surface area contributed by atoms with Gasteiger partial charge < -0.3 is 10.1 Å². The molecule has 1 N–H and O–H groups in total.